The molecular weight excluding hydrogens is 250 g/mol. The lowest BCUT2D eigenvalue weighted by Gasteiger charge is -2.04. The molecule has 0 aromatic heterocycles. The van der Waals surface area contributed by atoms with E-state index in [2.05, 4.69) is 37.3 Å². The summed E-state index contributed by atoms with van der Waals surface area (Å²) in [6, 6.07) is 18.5. The van der Waals surface area contributed by atoms with Gasteiger partial charge < -0.3 is 0 Å². The first kappa shape index (κ1) is 13.7. The van der Waals surface area contributed by atoms with Gasteiger partial charge in [-0.05, 0) is 47.6 Å². The van der Waals surface area contributed by atoms with Crippen molar-refractivity contribution in [2.45, 2.75) is 24.7 Å². The van der Waals surface area contributed by atoms with Crippen LogP contribution in [0, 0.1) is 11.3 Å². The van der Waals surface area contributed by atoms with Crippen LogP contribution in [0.4, 0.5) is 0 Å². The van der Waals surface area contributed by atoms with Crippen LogP contribution in [0.5, 0.6) is 0 Å². The van der Waals surface area contributed by atoms with E-state index in [0.717, 1.165) is 5.56 Å². The molecule has 0 aliphatic carbocycles. The maximum absolute atomic E-state index is 8.79. The van der Waals surface area contributed by atoms with E-state index < -0.39 is 0 Å². The van der Waals surface area contributed by atoms with E-state index in [0.29, 0.717) is 5.56 Å². The van der Waals surface area contributed by atoms with Crippen molar-refractivity contribution in [2.75, 3.05) is 5.75 Å². The van der Waals surface area contributed by atoms with Gasteiger partial charge in [-0.1, -0.05) is 37.6 Å². The van der Waals surface area contributed by atoms with E-state index >= 15 is 0 Å². The Morgan fingerprint density at radius 3 is 2.05 bits per heavy atom. The van der Waals surface area contributed by atoms with Gasteiger partial charge in [-0.15, -0.1) is 11.8 Å². The summed E-state index contributed by atoms with van der Waals surface area (Å²) in [6.07, 6.45) is 2.51. The van der Waals surface area contributed by atoms with Crippen molar-refractivity contribution in [1.29, 1.82) is 5.26 Å². The molecule has 0 radical (unpaired) electrons. The molecular formula is C17H17NS. The molecule has 0 amide bonds. The lowest BCUT2D eigenvalue weighted by molar-refractivity contribution is 0.896. The van der Waals surface area contributed by atoms with E-state index in [1.807, 2.05) is 36.0 Å². The Bertz CT molecular complexity index is 549. The molecule has 2 aromatic carbocycles. The van der Waals surface area contributed by atoms with Gasteiger partial charge in [0.2, 0.25) is 0 Å². The molecule has 2 heteroatoms. The number of hydrogen-bond donors (Lipinski definition) is 0. The zero-order valence-electron chi connectivity index (χ0n) is 11.1. The highest BCUT2D eigenvalue weighted by atomic mass is 32.2. The van der Waals surface area contributed by atoms with Crippen LogP contribution in [0.25, 0.3) is 11.1 Å². The standard InChI is InChI=1S/C17H17NS/c1-2-3-12-19-17-10-8-16(9-11-17)15-6-4-14(13-18)5-7-15/h4-11H,2-3,12H2,1H3. The van der Waals surface area contributed by atoms with E-state index in [1.54, 1.807) is 0 Å². The van der Waals surface area contributed by atoms with Crippen LogP contribution in [-0.2, 0) is 0 Å². The van der Waals surface area contributed by atoms with Crippen molar-refractivity contribution in [3.8, 4) is 17.2 Å². The number of nitriles is 1. The molecule has 0 fully saturated rings. The van der Waals surface area contributed by atoms with Crippen LogP contribution in [0.3, 0.4) is 0 Å². The van der Waals surface area contributed by atoms with Gasteiger partial charge in [0, 0.05) is 4.90 Å². The summed E-state index contributed by atoms with van der Waals surface area (Å²) in [5.41, 5.74) is 3.06. The molecule has 0 atom stereocenters. The molecule has 0 saturated heterocycles. The fourth-order valence-electron chi connectivity index (χ4n) is 1.82. The van der Waals surface area contributed by atoms with E-state index in [9.17, 15) is 0 Å². The van der Waals surface area contributed by atoms with E-state index in [1.165, 1.54) is 29.1 Å². The summed E-state index contributed by atoms with van der Waals surface area (Å²) in [5.74, 6) is 1.19. The van der Waals surface area contributed by atoms with Gasteiger partial charge in [0.1, 0.15) is 0 Å². The number of unbranched alkanes of at least 4 members (excludes halogenated alkanes) is 1. The third-order valence-corrected chi connectivity index (χ3v) is 4.07. The second-order valence-corrected chi connectivity index (χ2v) is 5.58. The van der Waals surface area contributed by atoms with E-state index in [-0.39, 0.29) is 0 Å². The highest BCUT2D eigenvalue weighted by Gasteiger charge is 1.99. The average molecular weight is 267 g/mol. The number of benzene rings is 2. The van der Waals surface area contributed by atoms with E-state index in [4.69, 9.17) is 5.26 Å². The smallest absolute Gasteiger partial charge is 0.0991 e. The summed E-state index contributed by atoms with van der Waals surface area (Å²) in [5, 5.41) is 8.79. The van der Waals surface area contributed by atoms with Crippen molar-refractivity contribution in [1.82, 2.24) is 0 Å². The molecule has 0 aliphatic heterocycles. The Morgan fingerprint density at radius 2 is 1.53 bits per heavy atom. The van der Waals surface area contributed by atoms with Crippen molar-refractivity contribution >= 4 is 11.8 Å². The number of thioether (sulfide) groups is 1. The van der Waals surface area contributed by atoms with Crippen LogP contribution >= 0.6 is 11.8 Å². The Morgan fingerprint density at radius 1 is 0.947 bits per heavy atom. The Labute approximate surface area is 119 Å². The van der Waals surface area contributed by atoms with Crippen LogP contribution < -0.4 is 0 Å². The summed E-state index contributed by atoms with van der Waals surface area (Å²) >= 11 is 1.91. The lowest BCUT2D eigenvalue weighted by Crippen LogP contribution is -1.81. The number of rotatable bonds is 5. The minimum absolute atomic E-state index is 0.704. The molecule has 1 nitrogen and oxygen atoms in total. The molecule has 0 N–H and O–H groups in total. The third-order valence-electron chi connectivity index (χ3n) is 2.97. The molecule has 96 valence electrons. The van der Waals surface area contributed by atoms with Crippen LogP contribution in [0.2, 0.25) is 0 Å². The highest BCUT2D eigenvalue weighted by Crippen LogP contribution is 2.25. The zero-order valence-corrected chi connectivity index (χ0v) is 11.9. The first-order valence-electron chi connectivity index (χ1n) is 6.57. The van der Waals surface area contributed by atoms with Gasteiger partial charge in [0.25, 0.3) is 0 Å². The molecule has 0 unspecified atom stereocenters. The third kappa shape index (κ3) is 3.87. The Balaban J connectivity index is 2.07. The van der Waals surface area contributed by atoms with Crippen LogP contribution in [0.1, 0.15) is 25.3 Å². The van der Waals surface area contributed by atoms with Crippen molar-refractivity contribution in [2.24, 2.45) is 0 Å². The van der Waals surface area contributed by atoms with Crippen LogP contribution in [-0.4, -0.2) is 5.75 Å². The van der Waals surface area contributed by atoms with Crippen molar-refractivity contribution < 1.29 is 0 Å². The second kappa shape index (κ2) is 7.01. The van der Waals surface area contributed by atoms with Gasteiger partial charge in [-0.25, -0.2) is 0 Å². The number of nitrogens with zero attached hydrogens (tertiary/aromatic N) is 1. The van der Waals surface area contributed by atoms with Gasteiger partial charge in [-0.2, -0.15) is 5.26 Å². The fraction of sp³-hybridized carbons (Fsp3) is 0.235. The molecule has 0 saturated carbocycles. The van der Waals surface area contributed by atoms with Gasteiger partial charge in [0.15, 0.2) is 0 Å². The monoisotopic (exact) mass is 267 g/mol. The quantitative estimate of drug-likeness (QED) is 0.554. The highest BCUT2D eigenvalue weighted by molar-refractivity contribution is 7.99. The summed E-state index contributed by atoms with van der Waals surface area (Å²) in [6.45, 7) is 2.22. The molecule has 0 spiro atoms. The average Bonchev–Trinajstić information content (AvgIpc) is 2.48. The summed E-state index contributed by atoms with van der Waals surface area (Å²) < 4.78 is 0. The Kier molecular flexibility index (Phi) is 5.06. The normalized spacial score (nSPS) is 10.1. The predicted octanol–water partition coefficient (Wildman–Crippen LogP) is 5.12. The molecule has 0 aliphatic rings. The molecule has 2 rings (SSSR count). The molecule has 2 aromatic rings. The molecule has 19 heavy (non-hydrogen) atoms. The first-order valence-corrected chi connectivity index (χ1v) is 7.55. The number of hydrogen-bond acceptors (Lipinski definition) is 2. The maximum atomic E-state index is 8.79. The maximum Gasteiger partial charge on any atom is 0.0991 e. The second-order valence-electron chi connectivity index (χ2n) is 4.42. The summed E-state index contributed by atoms with van der Waals surface area (Å²) in [4.78, 5) is 1.32. The Hall–Kier alpha value is -1.72. The topological polar surface area (TPSA) is 23.8 Å². The molecule has 0 heterocycles. The SMILES string of the molecule is CCCCSc1ccc(-c2ccc(C#N)cc2)cc1. The summed E-state index contributed by atoms with van der Waals surface area (Å²) in [7, 11) is 0. The van der Waals surface area contributed by atoms with Crippen molar-refractivity contribution in [3.63, 3.8) is 0 Å². The largest absolute Gasteiger partial charge is 0.192 e. The minimum atomic E-state index is 0.704. The van der Waals surface area contributed by atoms with Gasteiger partial charge in [0.05, 0.1) is 11.6 Å². The van der Waals surface area contributed by atoms with Crippen molar-refractivity contribution in [3.05, 3.63) is 54.1 Å². The van der Waals surface area contributed by atoms with Gasteiger partial charge in [-0.3, -0.25) is 0 Å². The lowest BCUT2D eigenvalue weighted by atomic mass is 10.0. The minimum Gasteiger partial charge on any atom is -0.192 e. The van der Waals surface area contributed by atoms with Crippen LogP contribution in [0.15, 0.2) is 53.4 Å². The first-order chi connectivity index (χ1) is 9.33. The zero-order chi connectivity index (χ0) is 13.5. The molecule has 0 bridgehead atoms. The van der Waals surface area contributed by atoms with Gasteiger partial charge >= 0.3 is 0 Å². The fourth-order valence-corrected chi connectivity index (χ4v) is 2.81. The predicted molar refractivity (Wildman–Crippen MR) is 82.2 cm³/mol.